The van der Waals surface area contributed by atoms with E-state index in [0.717, 1.165) is 16.0 Å². The lowest BCUT2D eigenvalue weighted by atomic mass is 9.86. The molecule has 0 fully saturated rings. The smallest absolute Gasteiger partial charge is 0.130 e. The first-order chi connectivity index (χ1) is 8.88. The highest BCUT2D eigenvalue weighted by molar-refractivity contribution is 9.10. The summed E-state index contributed by atoms with van der Waals surface area (Å²) in [5.41, 5.74) is 3.68. The average molecular weight is 319 g/mol. The van der Waals surface area contributed by atoms with Gasteiger partial charge in [-0.25, -0.2) is 4.98 Å². The third-order valence-corrected chi connectivity index (χ3v) is 3.87. The predicted octanol–water partition coefficient (Wildman–Crippen LogP) is 5.19. The Bertz CT molecular complexity index is 586. The number of aromatic nitrogens is 1. The zero-order chi connectivity index (χ0) is 14.0. The number of aryl methyl sites for hydroxylation is 1. The third-order valence-electron chi connectivity index (χ3n) is 3.04. The van der Waals surface area contributed by atoms with Gasteiger partial charge in [-0.1, -0.05) is 39.0 Å². The molecule has 0 aliphatic rings. The summed E-state index contributed by atoms with van der Waals surface area (Å²) in [6.45, 7) is 8.71. The highest BCUT2D eigenvalue weighted by Gasteiger charge is 2.17. The molecule has 1 aromatic carbocycles. The lowest BCUT2D eigenvalue weighted by Gasteiger charge is -2.23. The second-order valence-corrected chi connectivity index (χ2v) is 6.59. The molecule has 100 valence electrons. The number of rotatable bonds is 2. The van der Waals surface area contributed by atoms with Crippen molar-refractivity contribution in [2.24, 2.45) is 0 Å². The van der Waals surface area contributed by atoms with Crippen LogP contribution in [0.2, 0.25) is 0 Å². The molecule has 2 nitrogen and oxygen atoms in total. The topological polar surface area (TPSA) is 24.9 Å². The molecule has 0 amide bonds. The van der Waals surface area contributed by atoms with Gasteiger partial charge in [-0.2, -0.15) is 0 Å². The van der Waals surface area contributed by atoms with Gasteiger partial charge in [0.05, 0.1) is 0 Å². The van der Waals surface area contributed by atoms with E-state index in [1.807, 2.05) is 18.3 Å². The van der Waals surface area contributed by atoms with E-state index in [9.17, 15) is 0 Å². The van der Waals surface area contributed by atoms with Crippen LogP contribution in [0.5, 0.6) is 0 Å². The fraction of sp³-hybridized carbons (Fsp3) is 0.312. The first-order valence-electron chi connectivity index (χ1n) is 6.36. The van der Waals surface area contributed by atoms with Crippen molar-refractivity contribution in [1.82, 2.24) is 4.98 Å². The van der Waals surface area contributed by atoms with Gasteiger partial charge in [0, 0.05) is 16.4 Å². The number of nitrogens with zero attached hydrogens (tertiary/aromatic N) is 1. The summed E-state index contributed by atoms with van der Waals surface area (Å²) in [6.07, 6.45) is 1.83. The molecule has 2 rings (SSSR count). The van der Waals surface area contributed by atoms with Crippen LogP contribution in [0, 0.1) is 6.92 Å². The molecule has 1 heterocycles. The minimum absolute atomic E-state index is 0.105. The molecule has 0 saturated heterocycles. The van der Waals surface area contributed by atoms with Gasteiger partial charge < -0.3 is 5.32 Å². The number of hydrogen-bond acceptors (Lipinski definition) is 2. The summed E-state index contributed by atoms with van der Waals surface area (Å²) in [4.78, 5) is 4.40. The Morgan fingerprint density at radius 3 is 2.47 bits per heavy atom. The molecule has 0 bridgehead atoms. The van der Waals surface area contributed by atoms with Crippen molar-refractivity contribution in [1.29, 1.82) is 0 Å². The van der Waals surface area contributed by atoms with Crippen LogP contribution >= 0.6 is 15.9 Å². The molecule has 3 heteroatoms. The summed E-state index contributed by atoms with van der Waals surface area (Å²) >= 11 is 3.47. The summed E-state index contributed by atoms with van der Waals surface area (Å²) < 4.78 is 1.03. The molecule has 0 spiro atoms. The van der Waals surface area contributed by atoms with Gasteiger partial charge in [0.2, 0.25) is 0 Å². The predicted molar refractivity (Wildman–Crippen MR) is 85.1 cm³/mol. The van der Waals surface area contributed by atoms with Crippen molar-refractivity contribution in [2.75, 3.05) is 5.32 Å². The quantitative estimate of drug-likeness (QED) is 0.823. The molecule has 1 aromatic heterocycles. The minimum atomic E-state index is 0.105. The van der Waals surface area contributed by atoms with Crippen LogP contribution < -0.4 is 5.32 Å². The Morgan fingerprint density at radius 2 is 1.84 bits per heavy atom. The zero-order valence-corrected chi connectivity index (χ0v) is 13.4. The Hall–Kier alpha value is -1.35. The first kappa shape index (κ1) is 14.1. The second-order valence-electron chi connectivity index (χ2n) is 5.74. The molecule has 0 radical (unpaired) electrons. The number of benzene rings is 1. The monoisotopic (exact) mass is 318 g/mol. The van der Waals surface area contributed by atoms with E-state index in [-0.39, 0.29) is 5.41 Å². The lowest BCUT2D eigenvalue weighted by molar-refractivity contribution is 0.592. The number of para-hydroxylation sites is 1. The molecule has 0 aliphatic carbocycles. The molecule has 1 N–H and O–H groups in total. The molecule has 0 unspecified atom stereocenters. The summed E-state index contributed by atoms with van der Waals surface area (Å²) in [5.74, 6) is 0.873. The number of hydrogen-bond donors (Lipinski definition) is 1. The molecular formula is C16H19BrN2. The Labute approximate surface area is 123 Å². The third kappa shape index (κ3) is 3.35. The molecule has 2 aromatic rings. The maximum atomic E-state index is 4.40. The van der Waals surface area contributed by atoms with E-state index in [0.29, 0.717) is 0 Å². The summed E-state index contributed by atoms with van der Waals surface area (Å²) in [5, 5.41) is 3.42. The first-order valence-corrected chi connectivity index (χ1v) is 7.16. The molecule has 0 aliphatic heterocycles. The highest BCUT2D eigenvalue weighted by atomic mass is 79.9. The SMILES string of the molecule is Cc1cc(Nc2ccccc2C(C)(C)C)ncc1Br. The normalized spacial score (nSPS) is 11.4. The van der Waals surface area contributed by atoms with Crippen LogP contribution in [-0.2, 0) is 5.41 Å². The number of anilines is 2. The summed E-state index contributed by atoms with van der Waals surface area (Å²) in [7, 11) is 0. The van der Waals surface area contributed by atoms with Crippen molar-refractivity contribution >= 4 is 27.4 Å². The maximum absolute atomic E-state index is 4.40. The van der Waals surface area contributed by atoms with Crippen LogP contribution in [0.1, 0.15) is 31.9 Å². The van der Waals surface area contributed by atoms with Crippen LogP contribution in [0.4, 0.5) is 11.5 Å². The van der Waals surface area contributed by atoms with E-state index in [1.54, 1.807) is 0 Å². The van der Waals surface area contributed by atoms with E-state index < -0.39 is 0 Å². The standard InChI is InChI=1S/C16H19BrN2/c1-11-9-15(18-10-13(11)17)19-14-8-6-5-7-12(14)16(2,3)4/h5-10H,1-4H3,(H,18,19). The largest absolute Gasteiger partial charge is 0.340 e. The Balaban J connectivity index is 2.36. The van der Waals surface area contributed by atoms with E-state index >= 15 is 0 Å². The van der Waals surface area contributed by atoms with Crippen LogP contribution in [-0.4, -0.2) is 4.98 Å². The fourth-order valence-corrected chi connectivity index (χ4v) is 2.21. The van der Waals surface area contributed by atoms with Gasteiger partial charge in [-0.15, -0.1) is 0 Å². The molecule has 0 atom stereocenters. The van der Waals surface area contributed by atoms with Crippen molar-refractivity contribution in [3.05, 3.63) is 52.1 Å². The van der Waals surface area contributed by atoms with Gasteiger partial charge in [0.15, 0.2) is 0 Å². The molecule has 0 saturated carbocycles. The fourth-order valence-electron chi connectivity index (χ4n) is 1.99. The van der Waals surface area contributed by atoms with Gasteiger partial charge in [0.1, 0.15) is 5.82 Å². The van der Waals surface area contributed by atoms with Gasteiger partial charge >= 0.3 is 0 Å². The van der Waals surface area contributed by atoms with Crippen LogP contribution in [0.3, 0.4) is 0 Å². The van der Waals surface area contributed by atoms with Crippen LogP contribution in [0.15, 0.2) is 41.0 Å². The van der Waals surface area contributed by atoms with E-state index in [2.05, 4.69) is 72.1 Å². The van der Waals surface area contributed by atoms with Crippen molar-refractivity contribution in [3.63, 3.8) is 0 Å². The lowest BCUT2D eigenvalue weighted by Crippen LogP contribution is -2.13. The van der Waals surface area contributed by atoms with Gasteiger partial charge in [-0.3, -0.25) is 0 Å². The Morgan fingerprint density at radius 1 is 1.16 bits per heavy atom. The number of pyridine rings is 1. The van der Waals surface area contributed by atoms with Crippen molar-refractivity contribution in [2.45, 2.75) is 33.1 Å². The molecule has 19 heavy (non-hydrogen) atoms. The van der Waals surface area contributed by atoms with E-state index in [4.69, 9.17) is 0 Å². The average Bonchev–Trinajstić information content (AvgIpc) is 2.33. The zero-order valence-electron chi connectivity index (χ0n) is 11.8. The molecular weight excluding hydrogens is 300 g/mol. The summed E-state index contributed by atoms with van der Waals surface area (Å²) in [6, 6.07) is 10.4. The van der Waals surface area contributed by atoms with Crippen molar-refractivity contribution in [3.8, 4) is 0 Å². The number of halogens is 1. The van der Waals surface area contributed by atoms with Gasteiger partial charge in [0.25, 0.3) is 0 Å². The highest BCUT2D eigenvalue weighted by Crippen LogP contribution is 2.31. The minimum Gasteiger partial charge on any atom is -0.340 e. The Kier molecular flexibility index (Phi) is 3.95. The van der Waals surface area contributed by atoms with Gasteiger partial charge in [-0.05, 0) is 51.5 Å². The van der Waals surface area contributed by atoms with Crippen molar-refractivity contribution < 1.29 is 0 Å². The maximum Gasteiger partial charge on any atom is 0.130 e. The second kappa shape index (κ2) is 5.33. The van der Waals surface area contributed by atoms with Crippen LogP contribution in [0.25, 0.3) is 0 Å². The number of nitrogens with one attached hydrogen (secondary N) is 1. The van der Waals surface area contributed by atoms with E-state index in [1.165, 1.54) is 11.1 Å².